The van der Waals surface area contributed by atoms with Gasteiger partial charge in [0.05, 0.1) is 5.56 Å². The second-order valence-corrected chi connectivity index (χ2v) is 4.43. The number of hydrogen-bond donors (Lipinski definition) is 2. The van der Waals surface area contributed by atoms with Crippen molar-refractivity contribution >= 4 is 11.9 Å². The second kappa shape index (κ2) is 8.27. The summed E-state index contributed by atoms with van der Waals surface area (Å²) in [7, 11) is 0. The first-order valence-corrected chi connectivity index (χ1v) is 6.78. The number of carboxylic acids is 1. The lowest BCUT2D eigenvalue weighted by Gasteiger charge is -2.19. The molecule has 20 heavy (non-hydrogen) atoms. The number of nitrogens with zero attached hydrogens (tertiary/aromatic N) is 2. The van der Waals surface area contributed by atoms with Gasteiger partial charge in [-0.15, -0.1) is 0 Å². The van der Waals surface area contributed by atoms with Crippen LogP contribution < -0.4 is 5.32 Å². The molecule has 1 rings (SSSR count). The van der Waals surface area contributed by atoms with Crippen molar-refractivity contribution < 1.29 is 14.7 Å². The van der Waals surface area contributed by atoms with Crippen LogP contribution in [-0.4, -0.2) is 53.0 Å². The molecule has 0 fully saturated rings. The number of carboxylic acid groups (broad SMARTS) is 1. The van der Waals surface area contributed by atoms with Crippen molar-refractivity contribution in [1.29, 1.82) is 0 Å². The Labute approximate surface area is 118 Å². The number of hydrogen-bond acceptors (Lipinski definition) is 4. The number of pyridine rings is 1. The van der Waals surface area contributed by atoms with Crippen molar-refractivity contribution in [3.8, 4) is 0 Å². The van der Waals surface area contributed by atoms with Gasteiger partial charge in [-0.2, -0.15) is 0 Å². The van der Waals surface area contributed by atoms with Gasteiger partial charge in [0.15, 0.2) is 0 Å². The fourth-order valence-electron chi connectivity index (χ4n) is 1.82. The predicted octanol–water partition coefficient (Wildman–Crippen LogP) is 1.24. The molecule has 1 amide bonds. The van der Waals surface area contributed by atoms with E-state index in [9.17, 15) is 9.59 Å². The van der Waals surface area contributed by atoms with E-state index in [0.717, 1.165) is 26.1 Å². The molecule has 0 aliphatic heterocycles. The van der Waals surface area contributed by atoms with E-state index in [1.807, 2.05) is 0 Å². The summed E-state index contributed by atoms with van der Waals surface area (Å²) in [5, 5.41) is 11.5. The van der Waals surface area contributed by atoms with E-state index in [0.29, 0.717) is 6.54 Å². The number of likely N-dealkylation sites (N-methyl/N-ethyl adjacent to an activating group) is 1. The summed E-state index contributed by atoms with van der Waals surface area (Å²) in [6, 6.07) is 2.79. The first-order chi connectivity index (χ1) is 9.58. The van der Waals surface area contributed by atoms with Crippen LogP contribution >= 0.6 is 0 Å². The van der Waals surface area contributed by atoms with Crippen molar-refractivity contribution in [2.24, 2.45) is 0 Å². The lowest BCUT2D eigenvalue weighted by atomic mass is 10.2. The van der Waals surface area contributed by atoms with Crippen LogP contribution in [-0.2, 0) is 0 Å². The molecule has 2 N–H and O–H groups in total. The Morgan fingerprint density at radius 1 is 1.30 bits per heavy atom. The molecule has 0 bridgehead atoms. The van der Waals surface area contributed by atoms with Crippen LogP contribution in [0.5, 0.6) is 0 Å². The van der Waals surface area contributed by atoms with Crippen LogP contribution in [0.1, 0.15) is 41.1 Å². The van der Waals surface area contributed by atoms with E-state index in [1.54, 1.807) is 0 Å². The quantitative estimate of drug-likeness (QED) is 0.748. The number of carbonyl (C=O) groups excluding carboxylic acids is 1. The Hall–Kier alpha value is -1.95. The molecule has 0 saturated carbocycles. The Kier molecular flexibility index (Phi) is 6.66. The Bertz CT molecular complexity index is 445. The molecule has 0 saturated heterocycles. The van der Waals surface area contributed by atoms with E-state index < -0.39 is 5.97 Å². The van der Waals surface area contributed by atoms with Gasteiger partial charge in [0.2, 0.25) is 0 Å². The fourth-order valence-corrected chi connectivity index (χ4v) is 1.82. The zero-order valence-corrected chi connectivity index (χ0v) is 11.9. The maximum atomic E-state index is 11.8. The molecule has 0 aliphatic rings. The predicted molar refractivity (Wildman–Crippen MR) is 75.9 cm³/mol. The molecule has 1 aromatic heterocycles. The smallest absolute Gasteiger partial charge is 0.337 e. The lowest BCUT2D eigenvalue weighted by molar-refractivity contribution is 0.0695. The fraction of sp³-hybridized carbons (Fsp3) is 0.500. The van der Waals surface area contributed by atoms with Crippen LogP contribution in [0.3, 0.4) is 0 Å². The van der Waals surface area contributed by atoms with Crippen LogP contribution in [0.4, 0.5) is 0 Å². The monoisotopic (exact) mass is 279 g/mol. The van der Waals surface area contributed by atoms with E-state index in [2.05, 4.69) is 29.0 Å². The molecule has 1 heterocycles. The van der Waals surface area contributed by atoms with Crippen molar-refractivity contribution in [3.63, 3.8) is 0 Å². The number of rotatable bonds is 8. The number of carbonyl (C=O) groups is 2. The van der Waals surface area contributed by atoms with E-state index in [4.69, 9.17) is 5.11 Å². The second-order valence-electron chi connectivity index (χ2n) is 4.43. The molecule has 110 valence electrons. The van der Waals surface area contributed by atoms with Crippen LogP contribution in [0.2, 0.25) is 0 Å². The van der Waals surface area contributed by atoms with Crippen LogP contribution in [0.15, 0.2) is 18.3 Å². The molecule has 0 spiro atoms. The van der Waals surface area contributed by atoms with Gasteiger partial charge in [-0.1, -0.05) is 13.8 Å². The number of aromatic nitrogens is 1. The lowest BCUT2D eigenvalue weighted by Crippen LogP contribution is -2.35. The number of amides is 1. The third kappa shape index (κ3) is 4.97. The summed E-state index contributed by atoms with van der Waals surface area (Å²) in [6.45, 7) is 7.52. The van der Waals surface area contributed by atoms with Crippen molar-refractivity contribution in [3.05, 3.63) is 29.6 Å². The standard InChI is InChI=1S/C14H21N3O3/c1-3-8-17(4-2)9-7-15-13(18)12-6-5-11(10-16-12)14(19)20/h5-6,10H,3-4,7-9H2,1-2H3,(H,15,18)(H,19,20). The third-order valence-electron chi connectivity index (χ3n) is 2.94. The highest BCUT2D eigenvalue weighted by Gasteiger charge is 2.09. The van der Waals surface area contributed by atoms with Gasteiger partial charge in [0.1, 0.15) is 5.69 Å². The molecular weight excluding hydrogens is 258 g/mol. The minimum absolute atomic E-state index is 0.0710. The first-order valence-electron chi connectivity index (χ1n) is 6.78. The van der Waals surface area contributed by atoms with Gasteiger partial charge in [-0.05, 0) is 31.6 Å². The van der Waals surface area contributed by atoms with Crippen LogP contribution in [0, 0.1) is 0 Å². The summed E-state index contributed by atoms with van der Waals surface area (Å²) in [4.78, 5) is 28.6. The molecule has 1 aromatic rings. The molecule has 0 aromatic carbocycles. The van der Waals surface area contributed by atoms with Gasteiger partial charge in [-0.3, -0.25) is 9.78 Å². The summed E-state index contributed by atoms with van der Waals surface area (Å²) in [5.41, 5.74) is 0.301. The van der Waals surface area contributed by atoms with E-state index >= 15 is 0 Å². The molecule has 0 unspecified atom stereocenters. The molecular formula is C14H21N3O3. The molecule has 6 heteroatoms. The topological polar surface area (TPSA) is 82.5 Å². The highest BCUT2D eigenvalue weighted by atomic mass is 16.4. The van der Waals surface area contributed by atoms with Crippen molar-refractivity contribution in [1.82, 2.24) is 15.2 Å². The van der Waals surface area contributed by atoms with Crippen molar-refractivity contribution in [2.45, 2.75) is 20.3 Å². The van der Waals surface area contributed by atoms with Gasteiger partial charge in [-0.25, -0.2) is 4.79 Å². The van der Waals surface area contributed by atoms with Crippen molar-refractivity contribution in [2.75, 3.05) is 26.2 Å². The Balaban J connectivity index is 2.44. The maximum Gasteiger partial charge on any atom is 0.337 e. The third-order valence-corrected chi connectivity index (χ3v) is 2.94. The highest BCUT2D eigenvalue weighted by Crippen LogP contribution is 2.00. The summed E-state index contributed by atoms with van der Waals surface area (Å²) in [6.07, 6.45) is 2.27. The average molecular weight is 279 g/mol. The molecule has 0 aliphatic carbocycles. The summed E-state index contributed by atoms with van der Waals surface area (Å²) in [5.74, 6) is -1.34. The van der Waals surface area contributed by atoms with Gasteiger partial charge >= 0.3 is 5.97 Å². The first kappa shape index (κ1) is 16.1. The Morgan fingerprint density at radius 2 is 2.05 bits per heavy atom. The Morgan fingerprint density at radius 3 is 2.55 bits per heavy atom. The van der Waals surface area contributed by atoms with Gasteiger partial charge in [0.25, 0.3) is 5.91 Å². The molecule has 0 radical (unpaired) electrons. The minimum Gasteiger partial charge on any atom is -0.478 e. The largest absolute Gasteiger partial charge is 0.478 e. The van der Waals surface area contributed by atoms with E-state index in [-0.39, 0.29) is 17.2 Å². The molecule has 6 nitrogen and oxygen atoms in total. The normalized spacial score (nSPS) is 10.6. The van der Waals surface area contributed by atoms with Crippen LogP contribution in [0.25, 0.3) is 0 Å². The summed E-state index contributed by atoms with van der Waals surface area (Å²) < 4.78 is 0. The zero-order valence-electron chi connectivity index (χ0n) is 11.9. The number of aromatic carboxylic acids is 1. The minimum atomic E-state index is -1.05. The maximum absolute atomic E-state index is 11.8. The average Bonchev–Trinajstić information content (AvgIpc) is 2.46. The number of nitrogens with one attached hydrogen (secondary N) is 1. The van der Waals surface area contributed by atoms with Gasteiger partial charge < -0.3 is 15.3 Å². The SMILES string of the molecule is CCCN(CC)CCNC(=O)c1ccc(C(=O)O)cn1. The summed E-state index contributed by atoms with van der Waals surface area (Å²) >= 11 is 0. The highest BCUT2D eigenvalue weighted by molar-refractivity contribution is 5.93. The zero-order chi connectivity index (χ0) is 15.0. The van der Waals surface area contributed by atoms with E-state index in [1.165, 1.54) is 18.3 Å². The molecule has 0 atom stereocenters. The van der Waals surface area contributed by atoms with Gasteiger partial charge in [0, 0.05) is 19.3 Å².